The van der Waals surface area contributed by atoms with Gasteiger partial charge in [0.15, 0.2) is 11.5 Å². The maximum Gasteiger partial charge on any atom is 0.246 e. The largest absolute Gasteiger partial charge is 0.490 e. The second kappa shape index (κ2) is 12.2. The molecule has 2 aliphatic heterocycles. The molecule has 0 aromatic heterocycles. The first-order valence-corrected chi connectivity index (χ1v) is 11.0. The fourth-order valence-electron chi connectivity index (χ4n) is 3.92. The van der Waals surface area contributed by atoms with Crippen LogP contribution in [0.25, 0.3) is 0 Å². The Morgan fingerprint density at radius 3 is 2.74 bits per heavy atom. The summed E-state index contributed by atoms with van der Waals surface area (Å²) in [5, 5.41) is 13.1. The molecule has 0 aliphatic carbocycles. The van der Waals surface area contributed by atoms with Crippen molar-refractivity contribution >= 4 is 5.91 Å². The number of aliphatic hydroxyl groups excluding tert-OH is 1. The van der Waals surface area contributed by atoms with Gasteiger partial charge in [0, 0.05) is 46.4 Å². The lowest BCUT2D eigenvalue weighted by Gasteiger charge is -2.26. The van der Waals surface area contributed by atoms with Gasteiger partial charge in [-0.05, 0) is 24.6 Å². The Morgan fingerprint density at radius 1 is 1.19 bits per heavy atom. The number of amides is 1. The number of ether oxygens (including phenoxy) is 4. The molecular formula is C22H35N3O6. The van der Waals surface area contributed by atoms with Gasteiger partial charge in [0.05, 0.1) is 32.0 Å². The quantitative estimate of drug-likeness (QED) is 0.504. The van der Waals surface area contributed by atoms with E-state index in [9.17, 15) is 9.90 Å². The fourth-order valence-corrected chi connectivity index (χ4v) is 3.92. The molecule has 2 saturated heterocycles. The third kappa shape index (κ3) is 7.33. The van der Waals surface area contributed by atoms with Crippen molar-refractivity contribution in [2.24, 2.45) is 0 Å². The second-order valence-electron chi connectivity index (χ2n) is 7.89. The molecule has 2 fully saturated rings. The lowest BCUT2D eigenvalue weighted by molar-refractivity contribution is -0.125. The van der Waals surface area contributed by atoms with Crippen molar-refractivity contribution < 1.29 is 28.8 Å². The molecule has 2 heterocycles. The van der Waals surface area contributed by atoms with E-state index in [-0.39, 0.29) is 18.6 Å². The standard InChI is InChI=1S/C22H35N3O6/c1-3-30-21-12-17(4-5-20(21)31-11-8-24-6-9-29-10-7-24)13-25-14-18(19(26)15-25)23-22(27)16-28-2/h4-5,12,18-19,26H,3,6-11,13-16H2,1-2H3,(H,23,27)/t18-,19-/m1/s1. The van der Waals surface area contributed by atoms with Gasteiger partial charge >= 0.3 is 0 Å². The predicted molar refractivity (Wildman–Crippen MR) is 115 cm³/mol. The lowest BCUT2D eigenvalue weighted by atomic mass is 10.2. The molecule has 9 nitrogen and oxygen atoms in total. The highest BCUT2D eigenvalue weighted by Gasteiger charge is 2.32. The van der Waals surface area contributed by atoms with Gasteiger partial charge in [-0.2, -0.15) is 0 Å². The fraction of sp³-hybridized carbons (Fsp3) is 0.682. The molecule has 2 atom stereocenters. The first kappa shape index (κ1) is 23.7. The average molecular weight is 438 g/mol. The Kier molecular flexibility index (Phi) is 9.35. The molecule has 0 bridgehead atoms. The predicted octanol–water partition coefficient (Wildman–Crippen LogP) is 0.104. The number of benzene rings is 1. The maximum absolute atomic E-state index is 11.7. The highest BCUT2D eigenvalue weighted by atomic mass is 16.5. The lowest BCUT2D eigenvalue weighted by Crippen LogP contribution is -2.44. The molecule has 1 aromatic rings. The Hall–Kier alpha value is -1.91. The Bertz CT molecular complexity index is 698. The summed E-state index contributed by atoms with van der Waals surface area (Å²) < 4.78 is 22.0. The minimum absolute atomic E-state index is 0.00602. The van der Waals surface area contributed by atoms with E-state index in [0.29, 0.717) is 32.8 Å². The summed E-state index contributed by atoms with van der Waals surface area (Å²) in [7, 11) is 1.48. The molecular weight excluding hydrogens is 402 g/mol. The van der Waals surface area contributed by atoms with Gasteiger partial charge < -0.3 is 29.4 Å². The van der Waals surface area contributed by atoms with Crippen LogP contribution in [0.2, 0.25) is 0 Å². The van der Waals surface area contributed by atoms with Crippen LogP contribution in [0, 0.1) is 0 Å². The number of likely N-dealkylation sites (tertiary alicyclic amines) is 1. The summed E-state index contributed by atoms with van der Waals surface area (Å²) in [5.74, 6) is 1.25. The van der Waals surface area contributed by atoms with E-state index in [1.54, 1.807) is 0 Å². The van der Waals surface area contributed by atoms with Gasteiger partial charge in [0.2, 0.25) is 5.91 Å². The summed E-state index contributed by atoms with van der Waals surface area (Å²) in [6.07, 6.45) is -0.602. The molecule has 2 aliphatic rings. The zero-order valence-corrected chi connectivity index (χ0v) is 18.5. The molecule has 0 spiro atoms. The number of carbonyl (C=O) groups is 1. The second-order valence-corrected chi connectivity index (χ2v) is 7.89. The first-order chi connectivity index (χ1) is 15.1. The van der Waals surface area contributed by atoms with Crippen LogP contribution in [0.4, 0.5) is 0 Å². The number of hydrogen-bond donors (Lipinski definition) is 2. The Morgan fingerprint density at radius 2 is 2.00 bits per heavy atom. The normalized spacial score (nSPS) is 22.4. The highest BCUT2D eigenvalue weighted by molar-refractivity contribution is 5.77. The van der Waals surface area contributed by atoms with E-state index in [2.05, 4.69) is 15.1 Å². The number of nitrogens with zero attached hydrogens (tertiary/aromatic N) is 2. The number of morpholine rings is 1. The van der Waals surface area contributed by atoms with E-state index in [4.69, 9.17) is 18.9 Å². The molecule has 0 unspecified atom stereocenters. The number of β-amino-alcohol motifs (C(OH)–C–C–N with tert-alkyl or cyclic N) is 1. The van der Waals surface area contributed by atoms with Gasteiger partial charge in [-0.3, -0.25) is 14.6 Å². The zero-order chi connectivity index (χ0) is 22.1. The number of methoxy groups -OCH3 is 1. The summed E-state index contributed by atoms with van der Waals surface area (Å²) in [5.41, 5.74) is 1.07. The number of rotatable bonds is 11. The van der Waals surface area contributed by atoms with Crippen LogP contribution in [0.5, 0.6) is 11.5 Å². The summed E-state index contributed by atoms with van der Waals surface area (Å²) in [6.45, 7) is 9.13. The third-order valence-corrected chi connectivity index (χ3v) is 5.47. The van der Waals surface area contributed by atoms with Crippen LogP contribution < -0.4 is 14.8 Å². The molecule has 1 aromatic carbocycles. The smallest absolute Gasteiger partial charge is 0.246 e. The number of carbonyl (C=O) groups excluding carboxylic acids is 1. The Balaban J connectivity index is 1.53. The minimum Gasteiger partial charge on any atom is -0.490 e. The molecule has 0 radical (unpaired) electrons. The molecule has 3 rings (SSSR count). The van der Waals surface area contributed by atoms with Crippen LogP contribution in [0.3, 0.4) is 0 Å². The van der Waals surface area contributed by atoms with Gasteiger partial charge in [0.25, 0.3) is 0 Å². The van der Waals surface area contributed by atoms with Crippen molar-refractivity contribution in [3.05, 3.63) is 23.8 Å². The van der Waals surface area contributed by atoms with E-state index in [1.165, 1.54) is 7.11 Å². The van der Waals surface area contributed by atoms with E-state index < -0.39 is 6.10 Å². The van der Waals surface area contributed by atoms with Crippen LogP contribution in [-0.4, -0.2) is 106 Å². The maximum atomic E-state index is 11.7. The van der Waals surface area contributed by atoms with Crippen LogP contribution in [0.15, 0.2) is 18.2 Å². The molecule has 174 valence electrons. The molecule has 1 amide bonds. The SMILES string of the molecule is CCOc1cc(CN2C[C@@H](O)[C@H](NC(=O)COC)C2)ccc1OCCN1CCOCC1. The first-order valence-electron chi connectivity index (χ1n) is 11.0. The van der Waals surface area contributed by atoms with Crippen molar-refractivity contribution in [1.29, 1.82) is 0 Å². The van der Waals surface area contributed by atoms with Crippen molar-refractivity contribution in [2.75, 3.05) is 72.9 Å². The van der Waals surface area contributed by atoms with E-state index in [0.717, 1.165) is 49.9 Å². The zero-order valence-electron chi connectivity index (χ0n) is 18.5. The number of nitrogens with one attached hydrogen (secondary N) is 1. The minimum atomic E-state index is -0.602. The average Bonchev–Trinajstić information content (AvgIpc) is 3.09. The third-order valence-electron chi connectivity index (χ3n) is 5.47. The number of aliphatic hydroxyl groups is 1. The molecule has 2 N–H and O–H groups in total. The van der Waals surface area contributed by atoms with E-state index in [1.807, 2.05) is 25.1 Å². The summed E-state index contributed by atoms with van der Waals surface area (Å²) >= 11 is 0. The van der Waals surface area contributed by atoms with Crippen LogP contribution in [0.1, 0.15) is 12.5 Å². The summed E-state index contributed by atoms with van der Waals surface area (Å²) in [6, 6.07) is 5.67. The van der Waals surface area contributed by atoms with Crippen molar-refractivity contribution in [3.63, 3.8) is 0 Å². The molecule has 31 heavy (non-hydrogen) atoms. The van der Waals surface area contributed by atoms with Gasteiger partial charge in [-0.15, -0.1) is 0 Å². The van der Waals surface area contributed by atoms with Crippen molar-refractivity contribution in [1.82, 2.24) is 15.1 Å². The number of hydrogen-bond acceptors (Lipinski definition) is 8. The van der Waals surface area contributed by atoms with Gasteiger partial charge in [0.1, 0.15) is 13.2 Å². The summed E-state index contributed by atoms with van der Waals surface area (Å²) in [4.78, 5) is 16.2. The van der Waals surface area contributed by atoms with Gasteiger partial charge in [-0.25, -0.2) is 0 Å². The highest BCUT2D eigenvalue weighted by Crippen LogP contribution is 2.29. The Labute approximate surface area is 184 Å². The van der Waals surface area contributed by atoms with Gasteiger partial charge in [-0.1, -0.05) is 6.07 Å². The van der Waals surface area contributed by atoms with Crippen molar-refractivity contribution in [2.45, 2.75) is 25.6 Å². The van der Waals surface area contributed by atoms with Crippen LogP contribution in [-0.2, 0) is 20.8 Å². The molecule has 9 heteroatoms. The van der Waals surface area contributed by atoms with Crippen molar-refractivity contribution in [3.8, 4) is 11.5 Å². The monoisotopic (exact) mass is 437 g/mol. The van der Waals surface area contributed by atoms with Crippen LogP contribution >= 0.6 is 0 Å². The topological polar surface area (TPSA) is 92.7 Å². The van der Waals surface area contributed by atoms with E-state index >= 15 is 0 Å². The molecule has 0 saturated carbocycles.